The molecule has 0 radical (unpaired) electrons. The van der Waals surface area contributed by atoms with Gasteiger partial charge in [-0.3, -0.25) is 14.6 Å². The number of carboxylic acids is 2. The summed E-state index contributed by atoms with van der Waals surface area (Å²) in [6.45, 7) is -0.760. The summed E-state index contributed by atoms with van der Waals surface area (Å²) in [5.74, 6) is -2.59. The topological polar surface area (TPSA) is 127 Å². The molecule has 7 heteroatoms. The quantitative estimate of drug-likeness (QED) is 0.492. The maximum atomic E-state index is 10.7. The summed E-state index contributed by atoms with van der Waals surface area (Å²) in [7, 11) is 0. The van der Waals surface area contributed by atoms with Crippen LogP contribution >= 0.6 is 0 Å². The molecule has 17 heavy (non-hydrogen) atoms. The van der Waals surface area contributed by atoms with Crippen LogP contribution in [0, 0.1) is 0 Å². The van der Waals surface area contributed by atoms with Crippen molar-refractivity contribution in [3.8, 4) is 0 Å². The van der Waals surface area contributed by atoms with E-state index in [2.05, 4.69) is 4.99 Å². The minimum atomic E-state index is -2.01. The van der Waals surface area contributed by atoms with Crippen molar-refractivity contribution in [1.82, 2.24) is 0 Å². The summed E-state index contributed by atoms with van der Waals surface area (Å²) in [6.07, 6.45) is 2.31. The molecule has 0 aromatic heterocycles. The zero-order valence-electron chi connectivity index (χ0n) is 8.91. The Hall–Kier alpha value is -1.73. The van der Waals surface area contributed by atoms with Crippen molar-refractivity contribution in [2.75, 3.05) is 6.61 Å². The molecule has 0 aliphatic carbocycles. The molecule has 0 aromatic carbocycles. The van der Waals surface area contributed by atoms with E-state index in [9.17, 15) is 19.8 Å². The zero-order chi connectivity index (χ0) is 13.1. The normalized spacial score (nSPS) is 31.4. The molecular formula is C10H13NO6. The number of carbonyl (C=O) groups is 2. The van der Waals surface area contributed by atoms with Gasteiger partial charge in [-0.05, 0) is 12.2 Å². The molecule has 0 saturated heterocycles. The lowest BCUT2D eigenvalue weighted by molar-refractivity contribution is -0.149. The highest BCUT2D eigenvalue weighted by Gasteiger charge is 2.52. The molecule has 4 N–H and O–H groups in total. The monoisotopic (exact) mass is 243 g/mol. The van der Waals surface area contributed by atoms with E-state index in [1.54, 1.807) is 0 Å². The van der Waals surface area contributed by atoms with Gasteiger partial charge in [-0.1, -0.05) is 0 Å². The van der Waals surface area contributed by atoms with Crippen LogP contribution in [0.25, 0.3) is 0 Å². The van der Waals surface area contributed by atoms with Crippen molar-refractivity contribution < 1.29 is 30.0 Å². The van der Waals surface area contributed by atoms with Crippen LogP contribution < -0.4 is 0 Å². The molecule has 1 aliphatic rings. The highest BCUT2D eigenvalue weighted by molar-refractivity contribution is 5.78. The van der Waals surface area contributed by atoms with Crippen molar-refractivity contribution in [3.63, 3.8) is 0 Å². The molecule has 94 valence electrons. The van der Waals surface area contributed by atoms with Gasteiger partial charge in [0.15, 0.2) is 0 Å². The van der Waals surface area contributed by atoms with Gasteiger partial charge < -0.3 is 20.4 Å². The zero-order valence-corrected chi connectivity index (χ0v) is 8.91. The Morgan fingerprint density at radius 3 is 2.24 bits per heavy atom. The van der Waals surface area contributed by atoms with Gasteiger partial charge in [0.2, 0.25) is 0 Å². The molecule has 2 unspecified atom stereocenters. The number of aliphatic imine (C=N–C) groups is 1. The van der Waals surface area contributed by atoms with Crippen molar-refractivity contribution in [2.24, 2.45) is 4.99 Å². The summed E-state index contributed by atoms with van der Waals surface area (Å²) >= 11 is 0. The Kier molecular flexibility index (Phi) is 3.64. The summed E-state index contributed by atoms with van der Waals surface area (Å²) in [6, 6.07) is 0. The van der Waals surface area contributed by atoms with E-state index in [0.29, 0.717) is 0 Å². The fourth-order valence-electron chi connectivity index (χ4n) is 1.79. The fourth-order valence-corrected chi connectivity index (χ4v) is 1.79. The Morgan fingerprint density at radius 2 is 1.76 bits per heavy atom. The molecule has 0 saturated carbocycles. The highest BCUT2D eigenvalue weighted by Crippen LogP contribution is 2.36. The average Bonchev–Trinajstić information content (AvgIpc) is 2.20. The number of carboxylic acid groups (broad SMARTS) is 2. The van der Waals surface area contributed by atoms with Gasteiger partial charge in [-0.15, -0.1) is 0 Å². The summed E-state index contributed by atoms with van der Waals surface area (Å²) in [5.41, 5.74) is -3.77. The van der Waals surface area contributed by atoms with Crippen LogP contribution in [-0.2, 0) is 9.59 Å². The number of rotatable bonds is 5. The van der Waals surface area contributed by atoms with E-state index in [0.717, 1.165) is 6.08 Å². The molecule has 1 aliphatic heterocycles. The van der Waals surface area contributed by atoms with Crippen LogP contribution in [0.15, 0.2) is 17.1 Å². The van der Waals surface area contributed by atoms with Crippen molar-refractivity contribution in [1.29, 1.82) is 0 Å². The van der Waals surface area contributed by atoms with Gasteiger partial charge in [0.1, 0.15) is 11.1 Å². The number of hydrogen-bond acceptors (Lipinski definition) is 5. The van der Waals surface area contributed by atoms with E-state index < -0.39 is 42.5 Å². The van der Waals surface area contributed by atoms with E-state index in [1.165, 1.54) is 12.3 Å². The van der Waals surface area contributed by atoms with Crippen molar-refractivity contribution in [3.05, 3.63) is 12.2 Å². The third kappa shape index (κ3) is 2.51. The highest BCUT2D eigenvalue weighted by atomic mass is 16.4. The largest absolute Gasteiger partial charge is 0.481 e. The van der Waals surface area contributed by atoms with E-state index in [-0.39, 0.29) is 0 Å². The number of hydrogen-bond donors (Lipinski definition) is 4. The Morgan fingerprint density at radius 1 is 1.18 bits per heavy atom. The van der Waals surface area contributed by atoms with Gasteiger partial charge in [0.25, 0.3) is 0 Å². The summed E-state index contributed by atoms with van der Waals surface area (Å²) in [5, 5.41) is 36.9. The van der Waals surface area contributed by atoms with Crippen LogP contribution in [0.4, 0.5) is 0 Å². The second kappa shape index (κ2) is 4.64. The average molecular weight is 243 g/mol. The number of nitrogens with zero attached hydrogens (tertiary/aromatic N) is 1. The lowest BCUT2D eigenvalue weighted by Gasteiger charge is -2.41. The van der Waals surface area contributed by atoms with Crippen molar-refractivity contribution >= 4 is 18.2 Å². The minimum Gasteiger partial charge on any atom is -0.481 e. The molecule has 0 bridgehead atoms. The smallest absolute Gasteiger partial charge is 0.306 e. The maximum Gasteiger partial charge on any atom is 0.306 e. The SMILES string of the molecule is O=C(O)CC1(O)C=CC=NC1(CO)CC(=O)O. The number of dihydropyridines is 1. The Bertz CT molecular complexity index is 390. The first-order valence-electron chi connectivity index (χ1n) is 4.85. The van der Waals surface area contributed by atoms with E-state index in [1.807, 2.05) is 0 Å². The fraction of sp³-hybridized carbons (Fsp3) is 0.500. The van der Waals surface area contributed by atoms with Crippen LogP contribution in [0.5, 0.6) is 0 Å². The summed E-state index contributed by atoms with van der Waals surface area (Å²) in [4.78, 5) is 25.2. The molecule has 2 atom stereocenters. The number of aliphatic hydroxyl groups excluding tert-OH is 1. The van der Waals surface area contributed by atoms with Crippen LogP contribution in [0.3, 0.4) is 0 Å². The first kappa shape index (κ1) is 13.3. The molecule has 0 fully saturated rings. The second-order valence-corrected chi connectivity index (χ2v) is 3.89. The van der Waals surface area contributed by atoms with Crippen LogP contribution in [-0.4, -0.2) is 56.3 Å². The first-order chi connectivity index (χ1) is 7.85. The molecular weight excluding hydrogens is 230 g/mol. The maximum absolute atomic E-state index is 10.7. The summed E-state index contributed by atoms with van der Waals surface area (Å²) < 4.78 is 0. The standard InChI is InChI=1S/C10H13NO6/c12-6-9(4-7(13)14)10(17,5-8(15)16)2-1-3-11-9/h1-3,12,17H,4-6H2,(H,13,14)(H,15,16). The lowest BCUT2D eigenvalue weighted by atomic mass is 9.74. The Balaban J connectivity index is 3.14. The lowest BCUT2D eigenvalue weighted by Crippen LogP contribution is -2.57. The first-order valence-corrected chi connectivity index (χ1v) is 4.85. The van der Waals surface area contributed by atoms with Gasteiger partial charge in [0.05, 0.1) is 19.4 Å². The Labute approximate surface area is 96.7 Å². The molecule has 1 heterocycles. The molecule has 1 rings (SSSR count). The number of aliphatic hydroxyl groups is 2. The van der Waals surface area contributed by atoms with Crippen molar-refractivity contribution in [2.45, 2.75) is 24.0 Å². The molecule has 7 nitrogen and oxygen atoms in total. The third-order valence-corrected chi connectivity index (χ3v) is 2.71. The number of aliphatic carboxylic acids is 2. The molecule has 0 aromatic rings. The van der Waals surface area contributed by atoms with E-state index in [4.69, 9.17) is 10.2 Å². The van der Waals surface area contributed by atoms with Crippen LogP contribution in [0.1, 0.15) is 12.8 Å². The predicted molar refractivity (Wildman–Crippen MR) is 56.9 cm³/mol. The van der Waals surface area contributed by atoms with Gasteiger partial charge in [-0.2, -0.15) is 0 Å². The molecule has 0 spiro atoms. The minimum absolute atomic E-state index is 0.659. The molecule has 0 amide bonds. The van der Waals surface area contributed by atoms with Gasteiger partial charge >= 0.3 is 11.9 Å². The van der Waals surface area contributed by atoms with E-state index >= 15 is 0 Å². The second-order valence-electron chi connectivity index (χ2n) is 3.89. The van der Waals surface area contributed by atoms with Crippen LogP contribution in [0.2, 0.25) is 0 Å². The third-order valence-electron chi connectivity index (χ3n) is 2.71. The van der Waals surface area contributed by atoms with Gasteiger partial charge in [0, 0.05) is 6.21 Å². The number of allylic oxidation sites excluding steroid dienone is 1. The van der Waals surface area contributed by atoms with Gasteiger partial charge in [-0.25, -0.2) is 0 Å². The predicted octanol–water partition coefficient (Wildman–Crippen LogP) is -0.961.